The molecule has 1 heterocycles. The van der Waals surface area contributed by atoms with Gasteiger partial charge >= 0.3 is 0 Å². The number of hydrogen-bond acceptors (Lipinski definition) is 4. The lowest BCUT2D eigenvalue weighted by Gasteiger charge is -1.99. The largest absolute Gasteiger partial charge is 0.313 e. The standard InChI is InChI=1S/C6H11N5/c1-7-4-6-8-9-10-11(6)5-2-3-5/h5,7H,2-4H2,1H3. The van der Waals surface area contributed by atoms with Crippen LogP contribution in [0, 0.1) is 0 Å². The van der Waals surface area contributed by atoms with E-state index < -0.39 is 0 Å². The van der Waals surface area contributed by atoms with Gasteiger partial charge in [0.15, 0.2) is 5.82 Å². The molecule has 5 heteroatoms. The van der Waals surface area contributed by atoms with Gasteiger partial charge < -0.3 is 5.32 Å². The molecule has 0 aromatic carbocycles. The zero-order valence-electron chi connectivity index (χ0n) is 6.49. The fourth-order valence-electron chi connectivity index (χ4n) is 1.09. The number of tetrazole rings is 1. The van der Waals surface area contributed by atoms with Crippen LogP contribution in [0.15, 0.2) is 0 Å². The van der Waals surface area contributed by atoms with Crippen LogP contribution in [0.4, 0.5) is 0 Å². The van der Waals surface area contributed by atoms with E-state index >= 15 is 0 Å². The first-order chi connectivity index (χ1) is 5.42. The number of nitrogens with one attached hydrogen (secondary N) is 1. The molecule has 0 spiro atoms. The molecule has 1 fully saturated rings. The molecule has 2 rings (SSSR count). The van der Waals surface area contributed by atoms with E-state index in [1.807, 2.05) is 11.7 Å². The molecule has 0 aliphatic heterocycles. The maximum Gasteiger partial charge on any atom is 0.165 e. The van der Waals surface area contributed by atoms with Crippen molar-refractivity contribution in [3.8, 4) is 0 Å². The Hall–Kier alpha value is -0.970. The molecule has 0 radical (unpaired) electrons. The van der Waals surface area contributed by atoms with Crippen LogP contribution in [0.25, 0.3) is 0 Å². The monoisotopic (exact) mass is 153 g/mol. The molecule has 1 aromatic rings. The molecule has 0 saturated heterocycles. The number of aromatic nitrogens is 4. The van der Waals surface area contributed by atoms with E-state index in [0.29, 0.717) is 6.04 Å². The summed E-state index contributed by atoms with van der Waals surface area (Å²) in [4.78, 5) is 0. The van der Waals surface area contributed by atoms with Crippen LogP contribution in [0.5, 0.6) is 0 Å². The molecule has 1 aliphatic carbocycles. The zero-order valence-corrected chi connectivity index (χ0v) is 6.49. The van der Waals surface area contributed by atoms with E-state index in [1.54, 1.807) is 0 Å². The molecule has 1 aliphatic rings. The molecule has 0 amide bonds. The van der Waals surface area contributed by atoms with E-state index in [2.05, 4.69) is 20.8 Å². The van der Waals surface area contributed by atoms with Gasteiger partial charge in [0.05, 0.1) is 12.6 Å². The van der Waals surface area contributed by atoms with Crippen molar-refractivity contribution in [3.05, 3.63) is 5.82 Å². The topological polar surface area (TPSA) is 55.6 Å². The van der Waals surface area contributed by atoms with E-state index in [1.165, 1.54) is 12.8 Å². The predicted octanol–water partition coefficient (Wildman–Crippen LogP) is -0.273. The highest BCUT2D eigenvalue weighted by molar-refractivity contribution is 4.89. The Labute approximate surface area is 64.8 Å². The van der Waals surface area contributed by atoms with Crippen molar-refractivity contribution >= 4 is 0 Å². The summed E-state index contributed by atoms with van der Waals surface area (Å²) in [5.41, 5.74) is 0. The normalized spacial score (nSPS) is 17.2. The Morgan fingerprint density at radius 2 is 2.45 bits per heavy atom. The average molecular weight is 153 g/mol. The summed E-state index contributed by atoms with van der Waals surface area (Å²) >= 11 is 0. The van der Waals surface area contributed by atoms with Crippen molar-refractivity contribution in [3.63, 3.8) is 0 Å². The number of rotatable bonds is 3. The number of nitrogens with zero attached hydrogens (tertiary/aromatic N) is 4. The van der Waals surface area contributed by atoms with Gasteiger partial charge in [-0.1, -0.05) is 0 Å². The van der Waals surface area contributed by atoms with Gasteiger partial charge in [0.25, 0.3) is 0 Å². The van der Waals surface area contributed by atoms with Crippen molar-refractivity contribution in [2.75, 3.05) is 7.05 Å². The summed E-state index contributed by atoms with van der Waals surface area (Å²) in [6, 6.07) is 0.577. The third kappa shape index (κ3) is 1.23. The molecule has 5 nitrogen and oxygen atoms in total. The van der Waals surface area contributed by atoms with Gasteiger partial charge in [-0.2, -0.15) is 0 Å². The van der Waals surface area contributed by atoms with Crippen LogP contribution in [-0.2, 0) is 6.54 Å². The Morgan fingerprint density at radius 1 is 1.64 bits per heavy atom. The lowest BCUT2D eigenvalue weighted by atomic mass is 10.5. The van der Waals surface area contributed by atoms with Gasteiger partial charge in [0, 0.05) is 0 Å². The predicted molar refractivity (Wildman–Crippen MR) is 38.9 cm³/mol. The fraction of sp³-hybridized carbons (Fsp3) is 0.833. The Balaban J connectivity index is 2.16. The first-order valence-corrected chi connectivity index (χ1v) is 3.83. The van der Waals surface area contributed by atoms with E-state index in [9.17, 15) is 0 Å². The first kappa shape index (κ1) is 6.72. The molecule has 0 bridgehead atoms. The van der Waals surface area contributed by atoms with Crippen LogP contribution in [0.3, 0.4) is 0 Å². The summed E-state index contributed by atoms with van der Waals surface area (Å²) in [5.74, 6) is 0.940. The van der Waals surface area contributed by atoms with Crippen LogP contribution < -0.4 is 5.32 Å². The van der Waals surface area contributed by atoms with E-state index in [-0.39, 0.29) is 0 Å². The summed E-state index contributed by atoms with van der Waals surface area (Å²) in [6.07, 6.45) is 2.45. The highest BCUT2D eigenvalue weighted by Crippen LogP contribution is 2.34. The van der Waals surface area contributed by atoms with Gasteiger partial charge in [0.1, 0.15) is 0 Å². The zero-order chi connectivity index (χ0) is 7.68. The van der Waals surface area contributed by atoms with Crippen molar-refractivity contribution in [1.29, 1.82) is 0 Å². The minimum absolute atomic E-state index is 0.577. The fourth-order valence-corrected chi connectivity index (χ4v) is 1.09. The second-order valence-corrected chi connectivity index (χ2v) is 2.80. The van der Waals surface area contributed by atoms with E-state index in [0.717, 1.165) is 12.4 Å². The van der Waals surface area contributed by atoms with Crippen molar-refractivity contribution in [2.24, 2.45) is 0 Å². The molecule has 11 heavy (non-hydrogen) atoms. The molecule has 1 saturated carbocycles. The second kappa shape index (κ2) is 2.58. The molecular formula is C6H11N5. The van der Waals surface area contributed by atoms with Gasteiger partial charge in [-0.25, -0.2) is 4.68 Å². The third-order valence-corrected chi connectivity index (χ3v) is 1.79. The van der Waals surface area contributed by atoms with Crippen LogP contribution in [-0.4, -0.2) is 27.3 Å². The van der Waals surface area contributed by atoms with Gasteiger partial charge in [-0.3, -0.25) is 0 Å². The summed E-state index contributed by atoms with van der Waals surface area (Å²) in [6.45, 7) is 0.753. The SMILES string of the molecule is CNCc1nnnn1C1CC1. The highest BCUT2D eigenvalue weighted by atomic mass is 15.6. The molecule has 0 atom stereocenters. The molecule has 1 N–H and O–H groups in total. The lowest BCUT2D eigenvalue weighted by molar-refractivity contribution is 0.569. The van der Waals surface area contributed by atoms with Crippen LogP contribution in [0.1, 0.15) is 24.7 Å². The third-order valence-electron chi connectivity index (χ3n) is 1.79. The molecule has 1 aromatic heterocycles. The Kier molecular flexibility index (Phi) is 1.58. The summed E-state index contributed by atoms with van der Waals surface area (Å²) in [7, 11) is 1.89. The smallest absolute Gasteiger partial charge is 0.165 e. The number of hydrogen-bond donors (Lipinski definition) is 1. The summed E-state index contributed by atoms with van der Waals surface area (Å²) < 4.78 is 1.91. The van der Waals surface area contributed by atoms with Gasteiger partial charge in [-0.05, 0) is 30.3 Å². The summed E-state index contributed by atoms with van der Waals surface area (Å²) in [5, 5.41) is 14.5. The molecule has 0 unspecified atom stereocenters. The Morgan fingerprint density at radius 3 is 3.09 bits per heavy atom. The van der Waals surface area contributed by atoms with Gasteiger partial charge in [0.2, 0.25) is 0 Å². The van der Waals surface area contributed by atoms with Crippen LogP contribution in [0.2, 0.25) is 0 Å². The average Bonchev–Trinajstić information content (AvgIpc) is 2.75. The van der Waals surface area contributed by atoms with Gasteiger partial charge in [-0.15, -0.1) is 5.10 Å². The minimum Gasteiger partial charge on any atom is -0.313 e. The van der Waals surface area contributed by atoms with Crippen molar-refractivity contribution in [2.45, 2.75) is 25.4 Å². The Bertz CT molecular complexity index is 239. The lowest BCUT2D eigenvalue weighted by Crippen LogP contribution is -2.12. The van der Waals surface area contributed by atoms with Crippen molar-refractivity contribution in [1.82, 2.24) is 25.5 Å². The maximum atomic E-state index is 3.91. The minimum atomic E-state index is 0.577. The van der Waals surface area contributed by atoms with Crippen molar-refractivity contribution < 1.29 is 0 Å². The van der Waals surface area contributed by atoms with Crippen LogP contribution >= 0.6 is 0 Å². The first-order valence-electron chi connectivity index (χ1n) is 3.83. The molecular weight excluding hydrogens is 142 g/mol. The van der Waals surface area contributed by atoms with E-state index in [4.69, 9.17) is 0 Å². The quantitative estimate of drug-likeness (QED) is 0.649. The maximum absolute atomic E-state index is 3.91. The molecule has 60 valence electrons. The highest BCUT2D eigenvalue weighted by Gasteiger charge is 2.27. The second-order valence-electron chi connectivity index (χ2n) is 2.80.